The molecule has 1 saturated heterocycles. The smallest absolute Gasteiger partial charge is 0.107 e. The fourth-order valence-corrected chi connectivity index (χ4v) is 3.12. The lowest BCUT2D eigenvalue weighted by Gasteiger charge is -2.34. The average Bonchev–Trinajstić information content (AvgIpc) is 2.75. The Balaban J connectivity index is 2.28. The molecule has 3 nitrogen and oxygen atoms in total. The van der Waals surface area contributed by atoms with Gasteiger partial charge in [-0.1, -0.05) is 0 Å². The highest BCUT2D eigenvalue weighted by atomic mass is 32.1. The Morgan fingerprint density at radius 1 is 1.56 bits per heavy atom. The number of hydrogen-bond donors (Lipinski definition) is 1. The monoisotopic (exact) mass is 237 g/mol. The molecule has 2 rings (SSSR count). The summed E-state index contributed by atoms with van der Waals surface area (Å²) in [6.07, 6.45) is 0.547. The molecule has 0 spiro atoms. The van der Waals surface area contributed by atoms with Crippen LogP contribution in [-0.2, 0) is 4.74 Å². The molecule has 2 heterocycles. The molecule has 1 unspecified atom stereocenters. The predicted molar refractivity (Wildman–Crippen MR) is 62.1 cm³/mol. The van der Waals surface area contributed by atoms with E-state index < -0.39 is 11.5 Å². The molecule has 0 radical (unpaired) electrons. The third kappa shape index (κ3) is 1.86. The third-order valence-corrected chi connectivity index (χ3v) is 4.35. The van der Waals surface area contributed by atoms with Crippen molar-refractivity contribution in [2.24, 2.45) is 5.41 Å². The highest BCUT2D eigenvalue weighted by Gasteiger charge is 2.41. The van der Waals surface area contributed by atoms with Crippen molar-refractivity contribution in [2.45, 2.75) is 25.9 Å². The van der Waals surface area contributed by atoms with Crippen molar-refractivity contribution in [3.05, 3.63) is 21.9 Å². The highest BCUT2D eigenvalue weighted by Crippen LogP contribution is 2.44. The third-order valence-electron chi connectivity index (χ3n) is 3.28. The summed E-state index contributed by atoms with van der Waals surface area (Å²) < 4.78 is 5.27. The van der Waals surface area contributed by atoms with Gasteiger partial charge in [0.05, 0.1) is 11.5 Å². The molecule has 0 aliphatic carbocycles. The van der Waals surface area contributed by atoms with E-state index in [0.29, 0.717) is 26.1 Å². The maximum absolute atomic E-state index is 10.4. The zero-order valence-electron chi connectivity index (χ0n) is 9.27. The minimum Gasteiger partial charge on any atom is -0.386 e. The zero-order valence-corrected chi connectivity index (χ0v) is 10.1. The Bertz CT molecular complexity index is 401. The minimum absolute atomic E-state index is 0.565. The summed E-state index contributed by atoms with van der Waals surface area (Å²) in [7, 11) is 0. The van der Waals surface area contributed by atoms with Crippen molar-refractivity contribution in [3.8, 4) is 6.07 Å². The largest absolute Gasteiger partial charge is 0.386 e. The fraction of sp³-hybridized carbons (Fsp3) is 0.583. The first-order chi connectivity index (χ1) is 7.69. The van der Waals surface area contributed by atoms with Gasteiger partial charge in [0, 0.05) is 18.1 Å². The Hall–Kier alpha value is -0.890. The molecular formula is C12H15NO2S. The van der Waals surface area contributed by atoms with Gasteiger partial charge in [-0.2, -0.15) is 5.26 Å². The number of aliphatic hydroxyl groups is 1. The Kier molecular flexibility index (Phi) is 3.29. The number of hydrogen-bond acceptors (Lipinski definition) is 4. The number of aryl methyl sites for hydroxylation is 1. The van der Waals surface area contributed by atoms with Crippen molar-refractivity contribution in [1.82, 2.24) is 0 Å². The highest BCUT2D eigenvalue weighted by molar-refractivity contribution is 7.10. The lowest BCUT2D eigenvalue weighted by Crippen LogP contribution is -2.34. The Morgan fingerprint density at radius 3 is 2.75 bits per heavy atom. The summed E-state index contributed by atoms with van der Waals surface area (Å²) >= 11 is 1.52. The molecule has 86 valence electrons. The molecule has 1 fully saturated rings. The van der Waals surface area contributed by atoms with Crippen LogP contribution in [0.25, 0.3) is 0 Å². The molecule has 1 aromatic rings. The normalized spacial score (nSPS) is 21.3. The van der Waals surface area contributed by atoms with Crippen LogP contribution in [0.15, 0.2) is 11.4 Å². The second-order valence-electron chi connectivity index (χ2n) is 4.25. The van der Waals surface area contributed by atoms with Gasteiger partial charge in [0.15, 0.2) is 0 Å². The summed E-state index contributed by atoms with van der Waals surface area (Å²) in [6.45, 7) is 3.10. The summed E-state index contributed by atoms with van der Waals surface area (Å²) in [6, 6.07) is 4.29. The van der Waals surface area contributed by atoms with Crippen LogP contribution in [0.2, 0.25) is 0 Å². The van der Waals surface area contributed by atoms with Crippen LogP contribution >= 0.6 is 11.3 Å². The second-order valence-corrected chi connectivity index (χ2v) is 5.20. The first-order valence-electron chi connectivity index (χ1n) is 5.41. The molecule has 16 heavy (non-hydrogen) atoms. The van der Waals surface area contributed by atoms with E-state index >= 15 is 0 Å². The van der Waals surface area contributed by atoms with Gasteiger partial charge in [0.25, 0.3) is 0 Å². The quantitative estimate of drug-likeness (QED) is 0.859. The van der Waals surface area contributed by atoms with Crippen LogP contribution in [0.4, 0.5) is 0 Å². The summed E-state index contributed by atoms with van der Waals surface area (Å²) in [5.74, 6) is 0. The molecule has 0 amide bonds. The Morgan fingerprint density at radius 2 is 2.25 bits per heavy atom. The number of ether oxygens (including phenoxy) is 1. The van der Waals surface area contributed by atoms with Crippen LogP contribution in [0.3, 0.4) is 0 Å². The van der Waals surface area contributed by atoms with Crippen LogP contribution in [0.5, 0.6) is 0 Å². The molecule has 0 bridgehead atoms. The molecule has 1 atom stereocenters. The summed E-state index contributed by atoms with van der Waals surface area (Å²) in [5.41, 5.74) is 0.409. The van der Waals surface area contributed by atoms with E-state index in [0.717, 1.165) is 10.4 Å². The lowest BCUT2D eigenvalue weighted by molar-refractivity contribution is -0.0297. The van der Waals surface area contributed by atoms with E-state index in [1.807, 2.05) is 18.4 Å². The minimum atomic E-state index is -0.679. The van der Waals surface area contributed by atoms with Gasteiger partial charge in [-0.15, -0.1) is 11.3 Å². The Labute approximate surface area is 99.3 Å². The van der Waals surface area contributed by atoms with Crippen molar-refractivity contribution >= 4 is 11.3 Å². The molecule has 4 heteroatoms. The summed E-state index contributed by atoms with van der Waals surface area (Å²) in [5, 5.41) is 21.7. The SMILES string of the molecule is Cc1ccsc1C(O)C1(C#N)CCOCC1. The molecule has 0 saturated carbocycles. The molecule has 1 N–H and O–H groups in total. The second kappa shape index (κ2) is 4.54. The molecule has 1 aliphatic heterocycles. The first kappa shape index (κ1) is 11.6. The number of aliphatic hydroxyl groups excluding tert-OH is 1. The molecule has 1 aliphatic rings. The van der Waals surface area contributed by atoms with E-state index in [9.17, 15) is 10.4 Å². The molecule has 1 aromatic heterocycles. The fourth-order valence-electron chi connectivity index (χ4n) is 2.10. The molecular weight excluding hydrogens is 222 g/mol. The van der Waals surface area contributed by atoms with Crippen molar-refractivity contribution in [2.75, 3.05) is 13.2 Å². The van der Waals surface area contributed by atoms with Crippen molar-refractivity contribution in [1.29, 1.82) is 5.26 Å². The molecule has 0 aromatic carbocycles. The van der Waals surface area contributed by atoms with Gasteiger partial charge in [-0.3, -0.25) is 0 Å². The average molecular weight is 237 g/mol. The number of nitrogens with zero attached hydrogens (tertiary/aromatic N) is 1. The van der Waals surface area contributed by atoms with Gasteiger partial charge in [0.2, 0.25) is 0 Å². The van der Waals surface area contributed by atoms with E-state index in [-0.39, 0.29) is 0 Å². The van der Waals surface area contributed by atoms with Gasteiger partial charge in [-0.25, -0.2) is 0 Å². The maximum atomic E-state index is 10.4. The van der Waals surface area contributed by atoms with E-state index in [1.165, 1.54) is 11.3 Å². The zero-order chi connectivity index (χ0) is 11.6. The van der Waals surface area contributed by atoms with Crippen molar-refractivity contribution in [3.63, 3.8) is 0 Å². The lowest BCUT2D eigenvalue weighted by atomic mass is 9.75. The topological polar surface area (TPSA) is 53.2 Å². The van der Waals surface area contributed by atoms with Gasteiger partial charge in [0.1, 0.15) is 6.10 Å². The number of thiophene rings is 1. The van der Waals surface area contributed by atoms with Crippen LogP contribution in [-0.4, -0.2) is 18.3 Å². The van der Waals surface area contributed by atoms with Crippen LogP contribution < -0.4 is 0 Å². The standard InChI is InChI=1S/C12H15NO2S/c1-9-2-7-16-10(9)11(14)12(8-13)3-5-15-6-4-12/h2,7,11,14H,3-6H2,1H3. The number of rotatable bonds is 2. The predicted octanol–water partition coefficient (Wildman–Crippen LogP) is 2.41. The first-order valence-corrected chi connectivity index (χ1v) is 6.29. The van der Waals surface area contributed by atoms with Crippen LogP contribution in [0.1, 0.15) is 29.4 Å². The van der Waals surface area contributed by atoms with E-state index in [1.54, 1.807) is 0 Å². The maximum Gasteiger partial charge on any atom is 0.107 e. The summed E-state index contributed by atoms with van der Waals surface area (Å²) in [4.78, 5) is 0.920. The van der Waals surface area contributed by atoms with E-state index in [2.05, 4.69) is 6.07 Å². The number of nitriles is 1. The van der Waals surface area contributed by atoms with Crippen LogP contribution in [0, 0.1) is 23.7 Å². The van der Waals surface area contributed by atoms with E-state index in [4.69, 9.17) is 4.74 Å². The van der Waals surface area contributed by atoms with Crippen molar-refractivity contribution < 1.29 is 9.84 Å². The van der Waals surface area contributed by atoms with Gasteiger partial charge in [-0.05, 0) is 36.8 Å². The van der Waals surface area contributed by atoms with Gasteiger partial charge < -0.3 is 9.84 Å². The van der Waals surface area contributed by atoms with Gasteiger partial charge >= 0.3 is 0 Å².